The number of hydrogen-bond acceptors (Lipinski definition) is 5. The number of nitrogens with zero attached hydrogens (tertiary/aromatic N) is 1. The van der Waals surface area contributed by atoms with Gasteiger partial charge in [-0.2, -0.15) is 13.2 Å². The molecular formula is C17H16F3NO5. The van der Waals surface area contributed by atoms with Crippen LogP contribution in [0.5, 0.6) is 5.75 Å². The minimum atomic E-state index is -4.69. The third-order valence-corrected chi connectivity index (χ3v) is 3.61. The van der Waals surface area contributed by atoms with Crippen molar-refractivity contribution in [2.24, 2.45) is 0 Å². The molecule has 6 nitrogen and oxygen atoms in total. The van der Waals surface area contributed by atoms with Crippen molar-refractivity contribution in [1.29, 1.82) is 0 Å². The lowest BCUT2D eigenvalue weighted by Crippen LogP contribution is -2.26. The zero-order chi connectivity index (χ0) is 19.6. The standard InChI is InChI=1S/C17H16F3NO5/c1-9-14(16(24)25-3)7-13(26-9)8-21(2)15(23)10-4-11(17(18,19)20)6-12(22)5-10/h4-7,22H,8H2,1-3H3. The molecule has 2 aromatic rings. The summed E-state index contributed by atoms with van der Waals surface area (Å²) >= 11 is 0. The molecule has 0 aliphatic heterocycles. The zero-order valence-electron chi connectivity index (χ0n) is 14.2. The Bertz CT molecular complexity index is 841. The van der Waals surface area contributed by atoms with Gasteiger partial charge in [-0.05, 0) is 31.2 Å². The zero-order valence-corrected chi connectivity index (χ0v) is 14.2. The Balaban J connectivity index is 2.23. The van der Waals surface area contributed by atoms with E-state index in [-0.39, 0.29) is 23.4 Å². The number of hydrogen-bond donors (Lipinski definition) is 1. The fraction of sp³-hybridized carbons (Fsp3) is 0.294. The lowest BCUT2D eigenvalue weighted by Gasteiger charge is -2.17. The van der Waals surface area contributed by atoms with Gasteiger partial charge in [0.25, 0.3) is 5.91 Å². The number of benzene rings is 1. The number of methoxy groups -OCH3 is 1. The second-order valence-electron chi connectivity index (χ2n) is 5.60. The molecule has 1 aromatic carbocycles. The maximum Gasteiger partial charge on any atom is 0.416 e. The number of furan rings is 1. The number of esters is 1. The summed E-state index contributed by atoms with van der Waals surface area (Å²) in [5.74, 6) is -1.47. The van der Waals surface area contributed by atoms with Gasteiger partial charge in [-0.15, -0.1) is 0 Å². The van der Waals surface area contributed by atoms with E-state index in [1.807, 2.05) is 0 Å². The summed E-state index contributed by atoms with van der Waals surface area (Å²) in [5, 5.41) is 9.46. The average molecular weight is 371 g/mol. The maximum absolute atomic E-state index is 12.8. The number of alkyl halides is 3. The first-order valence-electron chi connectivity index (χ1n) is 7.37. The molecule has 26 heavy (non-hydrogen) atoms. The van der Waals surface area contributed by atoms with Crippen molar-refractivity contribution in [3.63, 3.8) is 0 Å². The van der Waals surface area contributed by atoms with Crippen LogP contribution in [0.1, 0.15) is 37.8 Å². The van der Waals surface area contributed by atoms with Gasteiger partial charge in [0.1, 0.15) is 22.8 Å². The van der Waals surface area contributed by atoms with Gasteiger partial charge in [0, 0.05) is 12.6 Å². The molecule has 0 radical (unpaired) electrons. The van der Waals surface area contributed by atoms with E-state index in [1.165, 1.54) is 20.2 Å². The second-order valence-corrected chi connectivity index (χ2v) is 5.60. The van der Waals surface area contributed by atoms with Crippen molar-refractivity contribution < 1.29 is 37.0 Å². The first kappa shape index (κ1) is 19.4. The summed E-state index contributed by atoms with van der Waals surface area (Å²) in [4.78, 5) is 25.0. The van der Waals surface area contributed by atoms with Gasteiger partial charge in [-0.3, -0.25) is 4.79 Å². The van der Waals surface area contributed by atoms with Crippen LogP contribution < -0.4 is 0 Å². The van der Waals surface area contributed by atoms with Crippen molar-refractivity contribution in [3.05, 3.63) is 52.5 Å². The van der Waals surface area contributed by atoms with Gasteiger partial charge in [0.05, 0.1) is 19.2 Å². The molecule has 9 heteroatoms. The quantitative estimate of drug-likeness (QED) is 0.834. The largest absolute Gasteiger partial charge is 0.508 e. The number of rotatable bonds is 4. The Labute approximate surface area is 146 Å². The summed E-state index contributed by atoms with van der Waals surface area (Å²) in [5.41, 5.74) is -1.26. The number of aryl methyl sites for hydroxylation is 1. The van der Waals surface area contributed by atoms with E-state index in [4.69, 9.17) is 4.42 Å². The fourth-order valence-electron chi connectivity index (χ4n) is 2.36. The Morgan fingerprint density at radius 1 is 1.23 bits per heavy atom. The van der Waals surface area contributed by atoms with Crippen LogP contribution >= 0.6 is 0 Å². The SMILES string of the molecule is COC(=O)c1cc(CN(C)C(=O)c2cc(O)cc(C(F)(F)F)c2)oc1C. The van der Waals surface area contributed by atoms with Crippen molar-refractivity contribution in [2.75, 3.05) is 14.2 Å². The monoisotopic (exact) mass is 371 g/mol. The predicted molar refractivity (Wildman–Crippen MR) is 83.7 cm³/mol. The first-order chi connectivity index (χ1) is 12.0. The summed E-state index contributed by atoms with van der Waals surface area (Å²) in [6.07, 6.45) is -4.69. The van der Waals surface area contributed by atoms with Gasteiger partial charge in [-0.25, -0.2) is 4.79 Å². The predicted octanol–water partition coefficient (Wildman–Crippen LogP) is 3.37. The van der Waals surface area contributed by atoms with Crippen molar-refractivity contribution in [3.8, 4) is 5.75 Å². The van der Waals surface area contributed by atoms with Crippen LogP contribution in [0.2, 0.25) is 0 Å². The molecule has 0 aliphatic carbocycles. The highest BCUT2D eigenvalue weighted by atomic mass is 19.4. The van der Waals surface area contributed by atoms with Gasteiger partial charge in [0.2, 0.25) is 0 Å². The summed E-state index contributed by atoms with van der Waals surface area (Å²) < 4.78 is 48.4. The average Bonchev–Trinajstić information content (AvgIpc) is 2.92. The second kappa shape index (κ2) is 7.11. The lowest BCUT2D eigenvalue weighted by atomic mass is 10.1. The molecule has 1 aromatic heterocycles. The van der Waals surface area contributed by atoms with E-state index in [2.05, 4.69) is 4.74 Å². The lowest BCUT2D eigenvalue weighted by molar-refractivity contribution is -0.137. The number of halogens is 3. The van der Waals surface area contributed by atoms with Crippen LogP contribution in [-0.4, -0.2) is 36.0 Å². The molecule has 0 saturated heterocycles. The Morgan fingerprint density at radius 2 is 1.88 bits per heavy atom. The summed E-state index contributed by atoms with van der Waals surface area (Å²) in [6.45, 7) is 1.45. The highest BCUT2D eigenvalue weighted by molar-refractivity contribution is 5.94. The van der Waals surface area contributed by atoms with Crippen LogP contribution in [0.4, 0.5) is 13.2 Å². The van der Waals surface area contributed by atoms with E-state index in [0.717, 1.165) is 11.0 Å². The molecule has 0 fully saturated rings. The summed E-state index contributed by atoms with van der Waals surface area (Å²) in [7, 11) is 2.57. The summed E-state index contributed by atoms with van der Waals surface area (Å²) in [6, 6.07) is 3.54. The molecule has 0 saturated carbocycles. The highest BCUT2D eigenvalue weighted by Crippen LogP contribution is 2.32. The third-order valence-electron chi connectivity index (χ3n) is 3.61. The molecule has 0 atom stereocenters. The molecular weight excluding hydrogens is 355 g/mol. The van der Waals surface area contributed by atoms with Gasteiger partial charge >= 0.3 is 12.1 Å². The van der Waals surface area contributed by atoms with Gasteiger partial charge in [-0.1, -0.05) is 0 Å². The molecule has 2 rings (SSSR count). The van der Waals surface area contributed by atoms with Crippen LogP contribution in [0.3, 0.4) is 0 Å². The Kier molecular flexibility index (Phi) is 5.29. The molecule has 140 valence electrons. The smallest absolute Gasteiger partial charge is 0.416 e. The number of phenolic OH excluding ortho intramolecular Hbond substituents is 1. The van der Waals surface area contributed by atoms with Crippen LogP contribution in [-0.2, 0) is 17.5 Å². The van der Waals surface area contributed by atoms with Crippen molar-refractivity contribution in [1.82, 2.24) is 4.90 Å². The number of phenols is 1. The third kappa shape index (κ3) is 4.16. The Hall–Kier alpha value is -2.97. The van der Waals surface area contributed by atoms with Crippen LogP contribution in [0, 0.1) is 6.92 Å². The van der Waals surface area contributed by atoms with E-state index >= 15 is 0 Å². The molecule has 0 aliphatic rings. The number of aromatic hydroxyl groups is 1. The Morgan fingerprint density at radius 3 is 2.46 bits per heavy atom. The number of ether oxygens (including phenoxy) is 1. The van der Waals surface area contributed by atoms with E-state index in [1.54, 1.807) is 6.92 Å². The first-order valence-corrected chi connectivity index (χ1v) is 7.37. The number of carbonyl (C=O) groups is 2. The molecule has 0 unspecified atom stereocenters. The molecule has 1 amide bonds. The minimum Gasteiger partial charge on any atom is -0.508 e. The number of amides is 1. The number of carbonyl (C=O) groups excluding carboxylic acids is 2. The van der Waals surface area contributed by atoms with Gasteiger partial charge in [0.15, 0.2) is 0 Å². The molecule has 1 heterocycles. The maximum atomic E-state index is 12.8. The van der Waals surface area contributed by atoms with Crippen molar-refractivity contribution in [2.45, 2.75) is 19.6 Å². The van der Waals surface area contributed by atoms with Crippen molar-refractivity contribution >= 4 is 11.9 Å². The van der Waals surface area contributed by atoms with Crippen LogP contribution in [0.15, 0.2) is 28.7 Å². The molecule has 0 spiro atoms. The highest BCUT2D eigenvalue weighted by Gasteiger charge is 2.32. The topological polar surface area (TPSA) is 80.0 Å². The van der Waals surface area contributed by atoms with E-state index < -0.39 is 29.4 Å². The molecule has 1 N–H and O–H groups in total. The minimum absolute atomic E-state index is 0.0896. The normalized spacial score (nSPS) is 11.3. The fourth-order valence-corrected chi connectivity index (χ4v) is 2.36. The van der Waals surface area contributed by atoms with E-state index in [9.17, 15) is 27.9 Å². The van der Waals surface area contributed by atoms with E-state index in [0.29, 0.717) is 17.9 Å². The molecule has 0 bridgehead atoms. The van der Waals surface area contributed by atoms with Crippen LogP contribution in [0.25, 0.3) is 0 Å². The van der Waals surface area contributed by atoms with Gasteiger partial charge < -0.3 is 19.2 Å².